The molecule has 4 saturated carbocycles. The highest BCUT2D eigenvalue weighted by Crippen LogP contribution is 2.61. The van der Waals surface area contributed by atoms with E-state index < -0.39 is 0 Å². The lowest BCUT2D eigenvalue weighted by Crippen LogP contribution is -2.55. The van der Waals surface area contributed by atoms with Crippen molar-refractivity contribution in [3.63, 3.8) is 0 Å². The van der Waals surface area contributed by atoms with Gasteiger partial charge in [-0.2, -0.15) is 5.10 Å². The van der Waals surface area contributed by atoms with Gasteiger partial charge in [-0.15, -0.1) is 0 Å². The van der Waals surface area contributed by atoms with Gasteiger partial charge in [0.15, 0.2) is 0 Å². The van der Waals surface area contributed by atoms with E-state index in [4.69, 9.17) is 5.10 Å². The summed E-state index contributed by atoms with van der Waals surface area (Å²) >= 11 is 0. The zero-order chi connectivity index (χ0) is 24.0. The van der Waals surface area contributed by atoms with Gasteiger partial charge < -0.3 is 5.32 Å². The molecule has 7 rings (SSSR count). The van der Waals surface area contributed by atoms with E-state index in [0.29, 0.717) is 5.69 Å². The number of rotatable bonds is 6. The van der Waals surface area contributed by atoms with E-state index in [9.17, 15) is 9.18 Å². The van der Waals surface area contributed by atoms with Crippen molar-refractivity contribution in [1.82, 2.24) is 15.1 Å². The number of nitrogens with zero attached hydrogens (tertiary/aromatic N) is 2. The van der Waals surface area contributed by atoms with Crippen LogP contribution in [0.25, 0.3) is 23.0 Å². The highest BCUT2D eigenvalue weighted by atomic mass is 19.1. The molecule has 5 heteroatoms. The molecule has 1 N–H and O–H groups in total. The minimum Gasteiger partial charge on any atom is -0.350 e. The largest absolute Gasteiger partial charge is 0.350 e. The van der Waals surface area contributed by atoms with Gasteiger partial charge in [-0.1, -0.05) is 18.2 Å². The molecule has 0 aliphatic heterocycles. The molecule has 1 amide bonds. The molecule has 4 nitrogen and oxygen atoms in total. The van der Waals surface area contributed by atoms with Crippen LogP contribution in [-0.4, -0.2) is 21.7 Å². The number of aromatic nitrogens is 2. The summed E-state index contributed by atoms with van der Waals surface area (Å²) in [7, 11) is 0. The van der Waals surface area contributed by atoms with Crippen molar-refractivity contribution >= 4 is 12.0 Å². The number of benzene rings is 2. The molecular formula is C30H32FN3O. The summed E-state index contributed by atoms with van der Waals surface area (Å²) in [6, 6.07) is 16.3. The van der Waals surface area contributed by atoms with Crippen LogP contribution in [0.4, 0.5) is 4.39 Å². The number of halogens is 1. The molecule has 1 atom stereocenters. The summed E-state index contributed by atoms with van der Waals surface area (Å²) in [4.78, 5) is 13.0. The number of carbonyl (C=O) groups excluding carboxylic acids is 1. The normalized spacial score (nSPS) is 27.9. The summed E-state index contributed by atoms with van der Waals surface area (Å²) in [6.45, 7) is 2.20. The second kappa shape index (κ2) is 8.78. The van der Waals surface area contributed by atoms with E-state index in [0.717, 1.165) is 34.6 Å². The van der Waals surface area contributed by atoms with Crippen molar-refractivity contribution in [3.05, 3.63) is 78.3 Å². The van der Waals surface area contributed by atoms with Crippen molar-refractivity contribution < 1.29 is 9.18 Å². The van der Waals surface area contributed by atoms with Crippen LogP contribution in [0.1, 0.15) is 51.0 Å². The molecular weight excluding hydrogens is 437 g/mol. The number of para-hydroxylation sites is 1. The molecule has 4 aliphatic rings. The van der Waals surface area contributed by atoms with Crippen LogP contribution < -0.4 is 5.32 Å². The molecule has 35 heavy (non-hydrogen) atoms. The van der Waals surface area contributed by atoms with Gasteiger partial charge in [-0.3, -0.25) is 4.79 Å². The lowest BCUT2D eigenvalue weighted by molar-refractivity contribution is -0.121. The Morgan fingerprint density at radius 2 is 1.66 bits per heavy atom. The van der Waals surface area contributed by atoms with Gasteiger partial charge in [-0.25, -0.2) is 9.07 Å². The van der Waals surface area contributed by atoms with Crippen molar-refractivity contribution in [1.29, 1.82) is 0 Å². The van der Waals surface area contributed by atoms with Crippen LogP contribution in [0.15, 0.2) is 66.9 Å². The number of amides is 1. The van der Waals surface area contributed by atoms with Crippen molar-refractivity contribution in [3.8, 4) is 16.9 Å². The molecule has 180 valence electrons. The predicted molar refractivity (Wildman–Crippen MR) is 136 cm³/mol. The summed E-state index contributed by atoms with van der Waals surface area (Å²) in [5, 5.41) is 8.07. The van der Waals surface area contributed by atoms with E-state index in [1.54, 1.807) is 22.9 Å². The first kappa shape index (κ1) is 22.3. The third-order valence-electron chi connectivity index (χ3n) is 8.66. The molecule has 0 saturated heterocycles. The molecule has 1 unspecified atom stereocenters. The third-order valence-corrected chi connectivity index (χ3v) is 8.66. The summed E-state index contributed by atoms with van der Waals surface area (Å²) < 4.78 is 15.3. The van der Waals surface area contributed by atoms with Crippen LogP contribution in [0.3, 0.4) is 0 Å². The van der Waals surface area contributed by atoms with Crippen molar-refractivity contribution in [2.45, 2.75) is 51.5 Å². The maximum Gasteiger partial charge on any atom is 0.244 e. The Morgan fingerprint density at radius 3 is 2.29 bits per heavy atom. The Bertz CT molecular complexity index is 1210. The highest BCUT2D eigenvalue weighted by Gasteiger charge is 2.53. The second-order valence-corrected chi connectivity index (χ2v) is 11.1. The number of hydrogen-bond acceptors (Lipinski definition) is 2. The molecule has 4 aliphatic carbocycles. The molecule has 4 bridgehead atoms. The van der Waals surface area contributed by atoms with Gasteiger partial charge in [0.2, 0.25) is 5.91 Å². The Hall–Kier alpha value is -3.21. The zero-order valence-corrected chi connectivity index (χ0v) is 20.2. The quantitative estimate of drug-likeness (QED) is 0.424. The van der Waals surface area contributed by atoms with Gasteiger partial charge in [-0.05, 0) is 111 Å². The summed E-state index contributed by atoms with van der Waals surface area (Å²) in [5.41, 5.74) is 3.54. The fraction of sp³-hybridized carbons (Fsp3) is 0.400. The minimum atomic E-state index is -0.286. The van der Waals surface area contributed by atoms with E-state index in [1.807, 2.05) is 42.6 Å². The first-order valence-electron chi connectivity index (χ1n) is 12.9. The maximum atomic E-state index is 13.5. The van der Waals surface area contributed by atoms with E-state index in [2.05, 4.69) is 12.2 Å². The molecule has 1 aromatic heterocycles. The van der Waals surface area contributed by atoms with Crippen LogP contribution in [0.5, 0.6) is 0 Å². The molecule has 1 heterocycles. The monoisotopic (exact) mass is 469 g/mol. The van der Waals surface area contributed by atoms with Gasteiger partial charge in [0.1, 0.15) is 5.82 Å². The SMILES string of the molecule is CC(NC(=O)/C=C/c1cn(-c2ccccc2)nc1-c1ccc(F)cc1)C12CC3CC(CC(C3)C1)C2. The first-order valence-corrected chi connectivity index (χ1v) is 12.9. The molecule has 0 radical (unpaired) electrons. The smallest absolute Gasteiger partial charge is 0.244 e. The molecule has 4 fully saturated rings. The van der Waals surface area contributed by atoms with Gasteiger partial charge >= 0.3 is 0 Å². The van der Waals surface area contributed by atoms with Crippen molar-refractivity contribution in [2.24, 2.45) is 23.2 Å². The van der Waals surface area contributed by atoms with Crippen LogP contribution >= 0.6 is 0 Å². The van der Waals surface area contributed by atoms with Gasteiger partial charge in [0.25, 0.3) is 0 Å². The third kappa shape index (κ3) is 4.33. The first-order chi connectivity index (χ1) is 17.0. The van der Waals surface area contributed by atoms with E-state index in [-0.39, 0.29) is 23.2 Å². The van der Waals surface area contributed by atoms with E-state index in [1.165, 1.54) is 50.7 Å². The predicted octanol–water partition coefficient (Wildman–Crippen LogP) is 6.41. The number of carbonyl (C=O) groups is 1. The average Bonchev–Trinajstić information content (AvgIpc) is 3.27. The standard InChI is InChI=1S/C30H32FN3O/c1-20(30-16-21-13-22(17-30)15-23(14-21)18-30)32-28(35)12-9-25-19-34(27-5-3-2-4-6-27)33-29(25)24-7-10-26(31)11-8-24/h2-12,19-23H,13-18H2,1H3,(H,32,35)/b12-9+. The maximum absolute atomic E-state index is 13.5. The second-order valence-electron chi connectivity index (χ2n) is 11.1. The molecule has 3 aromatic rings. The average molecular weight is 470 g/mol. The lowest BCUT2D eigenvalue weighted by Gasteiger charge is -2.59. The zero-order valence-electron chi connectivity index (χ0n) is 20.2. The fourth-order valence-corrected chi connectivity index (χ4v) is 7.34. The Kier molecular flexibility index (Phi) is 5.58. The molecule has 2 aromatic carbocycles. The highest BCUT2D eigenvalue weighted by molar-refractivity contribution is 5.93. The molecule has 0 spiro atoms. The minimum absolute atomic E-state index is 0.0641. The summed E-state index contributed by atoms with van der Waals surface area (Å²) in [6.07, 6.45) is 13.4. The fourth-order valence-electron chi connectivity index (χ4n) is 7.34. The lowest BCUT2D eigenvalue weighted by atomic mass is 9.48. The summed E-state index contributed by atoms with van der Waals surface area (Å²) in [5.74, 6) is 2.23. The van der Waals surface area contributed by atoms with Crippen LogP contribution in [-0.2, 0) is 4.79 Å². The van der Waals surface area contributed by atoms with Crippen LogP contribution in [0.2, 0.25) is 0 Å². The van der Waals surface area contributed by atoms with Gasteiger partial charge in [0.05, 0.1) is 11.4 Å². The van der Waals surface area contributed by atoms with Crippen molar-refractivity contribution in [2.75, 3.05) is 0 Å². The Labute approximate surface area is 206 Å². The van der Waals surface area contributed by atoms with Gasteiger partial charge in [0, 0.05) is 29.4 Å². The number of hydrogen-bond donors (Lipinski definition) is 1. The van der Waals surface area contributed by atoms with E-state index >= 15 is 0 Å². The Morgan fingerprint density at radius 1 is 1.03 bits per heavy atom. The topological polar surface area (TPSA) is 46.9 Å². The number of nitrogens with one attached hydrogen (secondary N) is 1. The Balaban J connectivity index is 1.23. The van der Waals surface area contributed by atoms with Crippen LogP contribution in [0, 0.1) is 29.0 Å².